The summed E-state index contributed by atoms with van der Waals surface area (Å²) in [4.78, 5) is 4.63. The highest BCUT2D eigenvalue weighted by molar-refractivity contribution is 14.1. The summed E-state index contributed by atoms with van der Waals surface area (Å²) in [5, 5.41) is 0. The number of fused-ring (bicyclic) bond motifs is 2. The molecular weight excluding hydrogens is 401 g/mol. The summed E-state index contributed by atoms with van der Waals surface area (Å²) in [6.07, 6.45) is 4.11. The van der Waals surface area contributed by atoms with Gasteiger partial charge in [0.1, 0.15) is 0 Å². The predicted molar refractivity (Wildman–Crippen MR) is 86.0 cm³/mol. The minimum Gasteiger partial charge on any atom is -0.259 e. The van der Waals surface area contributed by atoms with Crippen LogP contribution in [0.4, 0.5) is 0 Å². The third kappa shape index (κ3) is 2.23. The van der Waals surface area contributed by atoms with E-state index in [0.717, 1.165) is 17.3 Å². The quantitative estimate of drug-likeness (QED) is 0.570. The molecule has 1 aliphatic carbocycles. The van der Waals surface area contributed by atoms with E-state index in [1.54, 1.807) is 0 Å². The first-order valence-corrected chi connectivity index (χ1v) is 7.95. The van der Waals surface area contributed by atoms with Crippen molar-refractivity contribution >= 4 is 38.5 Å². The first-order chi connectivity index (χ1) is 8.65. The van der Waals surface area contributed by atoms with Crippen LogP contribution in [-0.2, 0) is 12.8 Å². The van der Waals surface area contributed by atoms with Gasteiger partial charge in [0.25, 0.3) is 0 Å². The summed E-state index contributed by atoms with van der Waals surface area (Å²) in [5.41, 5.74) is 5.52. The fraction of sp³-hybridized carbons (Fsp3) is 0.267. The lowest BCUT2D eigenvalue weighted by Crippen LogP contribution is -2.02. The van der Waals surface area contributed by atoms with E-state index in [1.165, 1.54) is 26.0 Å². The number of aryl methyl sites for hydroxylation is 2. The Morgan fingerprint density at radius 3 is 2.83 bits per heavy atom. The van der Waals surface area contributed by atoms with Crippen molar-refractivity contribution in [1.29, 1.82) is 0 Å². The number of pyridine rings is 1. The molecule has 0 N–H and O–H groups in total. The van der Waals surface area contributed by atoms with Gasteiger partial charge >= 0.3 is 0 Å². The Hall–Kier alpha value is -0.420. The van der Waals surface area contributed by atoms with Crippen molar-refractivity contribution < 1.29 is 0 Å². The maximum atomic E-state index is 4.63. The second-order valence-corrected chi connectivity index (χ2v) is 6.92. The van der Waals surface area contributed by atoms with Gasteiger partial charge in [-0.15, -0.1) is 0 Å². The topological polar surface area (TPSA) is 12.9 Å². The number of halogens is 2. The van der Waals surface area contributed by atoms with Crippen molar-refractivity contribution in [2.24, 2.45) is 0 Å². The first kappa shape index (κ1) is 12.6. The molecular formula is C15H13BrIN. The molecule has 2 aromatic rings. The third-order valence-electron chi connectivity index (χ3n) is 3.61. The molecule has 1 nitrogen and oxygen atoms in total. The van der Waals surface area contributed by atoms with Crippen LogP contribution in [-0.4, -0.2) is 4.98 Å². The largest absolute Gasteiger partial charge is 0.259 e. The van der Waals surface area contributed by atoms with Gasteiger partial charge in [0.15, 0.2) is 0 Å². The lowest BCUT2D eigenvalue weighted by atomic mass is 9.93. The summed E-state index contributed by atoms with van der Waals surface area (Å²) in [5.74, 6) is 0.391. The Bertz CT molecular complexity index is 556. The SMILES string of the molecule is CC1c2ccc(I)cc2CCc2cc(Br)cnc21. The van der Waals surface area contributed by atoms with Crippen LogP contribution in [0.1, 0.15) is 35.2 Å². The van der Waals surface area contributed by atoms with Gasteiger partial charge < -0.3 is 0 Å². The minimum atomic E-state index is 0.391. The molecule has 0 fully saturated rings. The molecule has 1 atom stereocenters. The molecule has 3 heteroatoms. The predicted octanol–water partition coefficient (Wildman–Crippen LogP) is 4.70. The van der Waals surface area contributed by atoms with Crippen LogP contribution in [0, 0.1) is 3.57 Å². The van der Waals surface area contributed by atoms with Crippen LogP contribution >= 0.6 is 38.5 Å². The summed E-state index contributed by atoms with van der Waals surface area (Å²) in [6, 6.07) is 8.99. The smallest absolute Gasteiger partial charge is 0.0508 e. The Balaban J connectivity index is 2.15. The van der Waals surface area contributed by atoms with Crippen LogP contribution in [0.25, 0.3) is 0 Å². The van der Waals surface area contributed by atoms with Gasteiger partial charge in [-0.2, -0.15) is 0 Å². The molecule has 3 rings (SSSR count). The van der Waals surface area contributed by atoms with Crippen LogP contribution in [0.5, 0.6) is 0 Å². The highest BCUT2D eigenvalue weighted by atomic mass is 127. The molecule has 1 aromatic heterocycles. The molecule has 1 unspecified atom stereocenters. The number of nitrogens with zero attached hydrogens (tertiary/aromatic N) is 1. The molecule has 92 valence electrons. The summed E-state index contributed by atoms with van der Waals surface area (Å²) in [7, 11) is 0. The molecule has 18 heavy (non-hydrogen) atoms. The minimum absolute atomic E-state index is 0.391. The zero-order valence-corrected chi connectivity index (χ0v) is 13.8. The highest BCUT2D eigenvalue weighted by Gasteiger charge is 2.21. The van der Waals surface area contributed by atoms with Crippen molar-refractivity contribution in [3.8, 4) is 0 Å². The zero-order valence-electron chi connectivity index (χ0n) is 10.1. The lowest BCUT2D eigenvalue weighted by molar-refractivity contribution is 0.858. The fourth-order valence-electron chi connectivity index (χ4n) is 2.71. The number of hydrogen-bond acceptors (Lipinski definition) is 1. The maximum Gasteiger partial charge on any atom is 0.0508 e. The van der Waals surface area contributed by atoms with Crippen molar-refractivity contribution in [1.82, 2.24) is 4.98 Å². The number of rotatable bonds is 0. The standard InChI is InChI=1S/C15H13BrIN/c1-9-14-5-4-13(17)7-10(14)2-3-11-6-12(16)8-18-15(9)11/h4-9H,2-3H2,1H3. The third-order valence-corrected chi connectivity index (χ3v) is 4.72. The van der Waals surface area contributed by atoms with Crippen molar-refractivity contribution in [2.45, 2.75) is 25.7 Å². The second-order valence-electron chi connectivity index (χ2n) is 4.76. The molecule has 0 amide bonds. The molecule has 0 bridgehead atoms. The van der Waals surface area contributed by atoms with E-state index in [-0.39, 0.29) is 0 Å². The number of hydrogen-bond donors (Lipinski definition) is 0. The Labute approximate surface area is 129 Å². The Morgan fingerprint density at radius 2 is 2.00 bits per heavy atom. The van der Waals surface area contributed by atoms with Gasteiger partial charge in [-0.3, -0.25) is 4.98 Å². The van der Waals surface area contributed by atoms with E-state index in [2.05, 4.69) is 74.7 Å². The van der Waals surface area contributed by atoms with Gasteiger partial charge in [0.05, 0.1) is 5.69 Å². The van der Waals surface area contributed by atoms with Gasteiger partial charge in [-0.05, 0) is 86.3 Å². The highest BCUT2D eigenvalue weighted by Crippen LogP contribution is 2.34. The monoisotopic (exact) mass is 413 g/mol. The molecule has 0 saturated carbocycles. The average molecular weight is 414 g/mol. The van der Waals surface area contributed by atoms with E-state index in [1.807, 2.05) is 6.20 Å². The molecule has 1 aliphatic rings. The van der Waals surface area contributed by atoms with Gasteiger partial charge in [-0.25, -0.2) is 0 Å². The van der Waals surface area contributed by atoms with Crippen molar-refractivity contribution in [3.05, 3.63) is 60.9 Å². The fourth-order valence-corrected chi connectivity index (χ4v) is 3.65. The molecule has 1 heterocycles. The van der Waals surface area contributed by atoms with E-state index < -0.39 is 0 Å². The second kappa shape index (κ2) is 4.93. The van der Waals surface area contributed by atoms with Gasteiger partial charge in [0.2, 0.25) is 0 Å². The van der Waals surface area contributed by atoms with E-state index in [0.29, 0.717) is 5.92 Å². The van der Waals surface area contributed by atoms with Crippen LogP contribution in [0.2, 0.25) is 0 Å². The summed E-state index contributed by atoms with van der Waals surface area (Å²) >= 11 is 5.91. The lowest BCUT2D eigenvalue weighted by Gasteiger charge is -2.14. The van der Waals surface area contributed by atoms with E-state index in [4.69, 9.17) is 0 Å². The normalized spacial score (nSPS) is 17.8. The number of benzene rings is 1. The van der Waals surface area contributed by atoms with Gasteiger partial charge in [0, 0.05) is 20.2 Å². The summed E-state index contributed by atoms with van der Waals surface area (Å²) in [6.45, 7) is 2.26. The van der Waals surface area contributed by atoms with Gasteiger partial charge in [-0.1, -0.05) is 13.0 Å². The van der Waals surface area contributed by atoms with E-state index >= 15 is 0 Å². The Kier molecular flexibility index (Phi) is 3.45. The van der Waals surface area contributed by atoms with Crippen molar-refractivity contribution in [3.63, 3.8) is 0 Å². The molecule has 0 aliphatic heterocycles. The zero-order chi connectivity index (χ0) is 12.7. The van der Waals surface area contributed by atoms with Crippen LogP contribution in [0.3, 0.4) is 0 Å². The van der Waals surface area contributed by atoms with Crippen LogP contribution < -0.4 is 0 Å². The molecule has 0 radical (unpaired) electrons. The van der Waals surface area contributed by atoms with E-state index in [9.17, 15) is 0 Å². The molecule has 0 saturated heterocycles. The maximum absolute atomic E-state index is 4.63. The Morgan fingerprint density at radius 1 is 1.22 bits per heavy atom. The average Bonchev–Trinajstić information content (AvgIpc) is 2.47. The molecule has 0 spiro atoms. The summed E-state index contributed by atoms with van der Waals surface area (Å²) < 4.78 is 2.40. The number of aromatic nitrogens is 1. The van der Waals surface area contributed by atoms with Crippen LogP contribution in [0.15, 0.2) is 34.9 Å². The first-order valence-electron chi connectivity index (χ1n) is 6.08. The molecule has 1 aromatic carbocycles. The van der Waals surface area contributed by atoms with Crippen molar-refractivity contribution in [2.75, 3.05) is 0 Å².